The molecule has 0 atom stereocenters. The van der Waals surface area contributed by atoms with E-state index in [2.05, 4.69) is 0 Å². The molecule has 19 heavy (non-hydrogen) atoms. The number of methoxy groups -OCH3 is 1. The van der Waals surface area contributed by atoms with Gasteiger partial charge in [0.05, 0.1) is 7.11 Å². The Bertz CT molecular complexity index is 637. The number of aromatic carboxylic acids is 1. The van der Waals surface area contributed by atoms with E-state index in [9.17, 15) is 14.3 Å². The molecule has 0 fully saturated rings. The van der Waals surface area contributed by atoms with E-state index in [0.717, 1.165) is 0 Å². The van der Waals surface area contributed by atoms with Crippen molar-refractivity contribution in [1.29, 1.82) is 0 Å². The molecule has 0 saturated heterocycles. The highest BCUT2D eigenvalue weighted by Gasteiger charge is 2.13. The van der Waals surface area contributed by atoms with Crippen molar-refractivity contribution in [3.63, 3.8) is 0 Å². The second-order valence-corrected chi connectivity index (χ2v) is 3.88. The van der Waals surface area contributed by atoms with Crippen LogP contribution in [0.1, 0.15) is 10.4 Å². The van der Waals surface area contributed by atoms with Gasteiger partial charge in [-0.3, -0.25) is 0 Å². The Labute approximate surface area is 108 Å². The number of benzene rings is 2. The van der Waals surface area contributed by atoms with E-state index in [1.807, 2.05) is 0 Å². The molecule has 2 rings (SSSR count). The molecular weight excluding hydrogens is 251 g/mol. The minimum atomic E-state index is -1.24. The second kappa shape index (κ2) is 4.97. The van der Waals surface area contributed by atoms with Crippen molar-refractivity contribution in [2.24, 2.45) is 0 Å². The summed E-state index contributed by atoms with van der Waals surface area (Å²) in [6.07, 6.45) is 0. The summed E-state index contributed by atoms with van der Waals surface area (Å²) in [5, 5.41) is 18.4. The first kappa shape index (κ1) is 12.9. The molecule has 0 aliphatic rings. The summed E-state index contributed by atoms with van der Waals surface area (Å²) in [5.74, 6) is -1.66. The van der Waals surface area contributed by atoms with E-state index in [1.165, 1.54) is 43.5 Å². The van der Waals surface area contributed by atoms with E-state index in [0.29, 0.717) is 11.3 Å². The van der Waals surface area contributed by atoms with Crippen LogP contribution in [0.15, 0.2) is 36.4 Å². The molecule has 0 amide bonds. The predicted octanol–water partition coefficient (Wildman–Crippen LogP) is 2.91. The molecule has 5 heteroatoms. The van der Waals surface area contributed by atoms with E-state index < -0.39 is 17.5 Å². The van der Waals surface area contributed by atoms with Gasteiger partial charge in [0.2, 0.25) is 0 Å². The number of carbonyl (C=O) groups is 1. The van der Waals surface area contributed by atoms with Crippen molar-refractivity contribution in [2.45, 2.75) is 0 Å². The van der Waals surface area contributed by atoms with E-state index in [1.54, 1.807) is 0 Å². The molecule has 0 aliphatic heterocycles. The molecular formula is C14H11FO4. The quantitative estimate of drug-likeness (QED) is 0.892. The zero-order valence-electron chi connectivity index (χ0n) is 10.1. The zero-order valence-corrected chi connectivity index (χ0v) is 10.1. The molecule has 0 radical (unpaired) electrons. The minimum Gasteiger partial charge on any atom is -0.507 e. The first-order chi connectivity index (χ1) is 9.02. The number of halogens is 1. The van der Waals surface area contributed by atoms with Crippen LogP contribution in [0.5, 0.6) is 11.5 Å². The molecule has 4 nitrogen and oxygen atoms in total. The van der Waals surface area contributed by atoms with Crippen LogP contribution in [0.4, 0.5) is 4.39 Å². The van der Waals surface area contributed by atoms with Crippen LogP contribution in [0.2, 0.25) is 0 Å². The number of aromatic hydroxyl groups is 1. The molecule has 98 valence electrons. The van der Waals surface area contributed by atoms with Gasteiger partial charge in [-0.05, 0) is 35.9 Å². The zero-order chi connectivity index (χ0) is 14.0. The first-order valence-electron chi connectivity index (χ1n) is 5.43. The van der Waals surface area contributed by atoms with Gasteiger partial charge in [0.1, 0.15) is 22.9 Å². The van der Waals surface area contributed by atoms with Crippen molar-refractivity contribution in [2.75, 3.05) is 7.11 Å². The van der Waals surface area contributed by atoms with Gasteiger partial charge in [-0.25, -0.2) is 9.18 Å². The van der Waals surface area contributed by atoms with Crippen LogP contribution in [-0.4, -0.2) is 23.3 Å². The Hall–Kier alpha value is -2.56. The summed E-state index contributed by atoms with van der Waals surface area (Å²) >= 11 is 0. The van der Waals surface area contributed by atoms with Crippen molar-refractivity contribution in [3.05, 3.63) is 47.8 Å². The lowest BCUT2D eigenvalue weighted by atomic mass is 10.0. The number of rotatable bonds is 3. The third-order valence-electron chi connectivity index (χ3n) is 2.71. The highest BCUT2D eigenvalue weighted by atomic mass is 19.1. The largest absolute Gasteiger partial charge is 0.507 e. The number of hydrogen-bond donors (Lipinski definition) is 2. The summed E-state index contributed by atoms with van der Waals surface area (Å²) in [7, 11) is 1.46. The van der Waals surface area contributed by atoms with Crippen LogP contribution in [0.25, 0.3) is 11.1 Å². The molecule has 0 bridgehead atoms. The normalized spacial score (nSPS) is 10.2. The van der Waals surface area contributed by atoms with Crippen molar-refractivity contribution in [1.82, 2.24) is 0 Å². The van der Waals surface area contributed by atoms with Gasteiger partial charge in [-0.15, -0.1) is 0 Å². The van der Waals surface area contributed by atoms with Gasteiger partial charge < -0.3 is 14.9 Å². The Morgan fingerprint density at radius 3 is 2.53 bits per heavy atom. The molecule has 2 aromatic carbocycles. The fraction of sp³-hybridized carbons (Fsp3) is 0.0714. The Morgan fingerprint density at radius 2 is 1.95 bits per heavy atom. The van der Waals surface area contributed by atoms with Crippen molar-refractivity contribution < 1.29 is 24.1 Å². The summed E-state index contributed by atoms with van der Waals surface area (Å²) in [6, 6.07) is 8.07. The van der Waals surface area contributed by atoms with Gasteiger partial charge in [0.15, 0.2) is 0 Å². The lowest BCUT2D eigenvalue weighted by Gasteiger charge is -2.08. The lowest BCUT2D eigenvalue weighted by molar-refractivity contribution is 0.0694. The fourth-order valence-electron chi connectivity index (χ4n) is 1.73. The number of phenols is 1. The maximum atomic E-state index is 13.7. The van der Waals surface area contributed by atoms with Crippen molar-refractivity contribution in [3.8, 4) is 22.6 Å². The SMILES string of the molecule is COc1ccc(F)c(-c2ccc(C(=O)O)c(O)c2)c1. The second-order valence-electron chi connectivity index (χ2n) is 3.88. The van der Waals surface area contributed by atoms with Gasteiger partial charge in [-0.2, -0.15) is 0 Å². The number of carboxylic acids is 1. The molecule has 0 spiro atoms. The number of hydrogen-bond acceptors (Lipinski definition) is 3. The number of ether oxygens (including phenoxy) is 1. The monoisotopic (exact) mass is 262 g/mol. The average molecular weight is 262 g/mol. The van der Waals surface area contributed by atoms with Crippen LogP contribution in [0, 0.1) is 5.82 Å². The molecule has 0 aromatic heterocycles. The standard InChI is InChI=1S/C14H11FO4/c1-19-9-3-5-12(15)11(7-9)8-2-4-10(14(17)18)13(16)6-8/h2-7,16H,1H3,(H,17,18). The Morgan fingerprint density at radius 1 is 1.21 bits per heavy atom. The fourth-order valence-corrected chi connectivity index (χ4v) is 1.73. The summed E-state index contributed by atoms with van der Waals surface area (Å²) in [4.78, 5) is 10.8. The van der Waals surface area contributed by atoms with Gasteiger partial charge >= 0.3 is 5.97 Å². The maximum absolute atomic E-state index is 13.7. The van der Waals surface area contributed by atoms with Gasteiger partial charge in [0.25, 0.3) is 0 Å². The summed E-state index contributed by atoms with van der Waals surface area (Å²) < 4.78 is 18.7. The first-order valence-corrected chi connectivity index (χ1v) is 5.43. The summed E-state index contributed by atoms with van der Waals surface area (Å²) in [6.45, 7) is 0. The van der Waals surface area contributed by atoms with Crippen LogP contribution >= 0.6 is 0 Å². The molecule has 2 aromatic rings. The maximum Gasteiger partial charge on any atom is 0.339 e. The van der Waals surface area contributed by atoms with E-state index >= 15 is 0 Å². The topological polar surface area (TPSA) is 66.8 Å². The highest BCUT2D eigenvalue weighted by molar-refractivity contribution is 5.91. The van der Waals surface area contributed by atoms with Gasteiger partial charge in [-0.1, -0.05) is 6.07 Å². The third kappa shape index (κ3) is 2.49. The lowest BCUT2D eigenvalue weighted by Crippen LogP contribution is -1.97. The van der Waals surface area contributed by atoms with E-state index in [4.69, 9.17) is 9.84 Å². The number of carboxylic acid groups (broad SMARTS) is 1. The average Bonchev–Trinajstić information content (AvgIpc) is 2.38. The van der Waals surface area contributed by atoms with Crippen LogP contribution in [0.3, 0.4) is 0 Å². The molecule has 0 heterocycles. The van der Waals surface area contributed by atoms with Gasteiger partial charge in [0, 0.05) is 5.56 Å². The molecule has 0 saturated carbocycles. The smallest absolute Gasteiger partial charge is 0.339 e. The summed E-state index contributed by atoms with van der Waals surface area (Å²) in [5.41, 5.74) is 0.373. The molecule has 0 unspecified atom stereocenters. The Balaban J connectivity index is 2.53. The van der Waals surface area contributed by atoms with E-state index in [-0.39, 0.29) is 11.1 Å². The molecule has 0 aliphatic carbocycles. The highest BCUT2D eigenvalue weighted by Crippen LogP contribution is 2.30. The Kier molecular flexibility index (Phi) is 3.37. The third-order valence-corrected chi connectivity index (χ3v) is 2.71. The predicted molar refractivity (Wildman–Crippen MR) is 67.0 cm³/mol. The minimum absolute atomic E-state index is 0.228. The molecule has 2 N–H and O–H groups in total. The van der Waals surface area contributed by atoms with Crippen molar-refractivity contribution >= 4 is 5.97 Å². The van der Waals surface area contributed by atoms with Crippen LogP contribution in [-0.2, 0) is 0 Å². The van der Waals surface area contributed by atoms with Crippen LogP contribution < -0.4 is 4.74 Å².